The van der Waals surface area contributed by atoms with Crippen molar-refractivity contribution >= 4 is 5.91 Å². The molecule has 1 amide bonds. The van der Waals surface area contributed by atoms with Crippen LogP contribution in [0.2, 0.25) is 0 Å². The van der Waals surface area contributed by atoms with Crippen LogP contribution in [0.3, 0.4) is 0 Å². The van der Waals surface area contributed by atoms with E-state index in [0.717, 1.165) is 18.6 Å². The normalized spacial score (nSPS) is 12.8. The average Bonchev–Trinajstić information content (AvgIpc) is 2.38. The third-order valence-corrected chi connectivity index (χ3v) is 3.23. The van der Waals surface area contributed by atoms with Gasteiger partial charge in [0.1, 0.15) is 5.75 Å². The molecule has 0 aromatic heterocycles. The molecular weight excluding hydrogens is 250 g/mol. The highest BCUT2D eigenvalue weighted by Gasteiger charge is 2.16. The van der Waals surface area contributed by atoms with Crippen molar-refractivity contribution in [1.29, 1.82) is 0 Å². The fourth-order valence-electron chi connectivity index (χ4n) is 1.82. The standard InChI is InChI=1S/C17H27NO2/c1-6-7-12-18-16(19)13(2)20-15-10-8-14(9-11-15)17(3,4)5/h8-11,13H,6-7,12H2,1-5H3,(H,18,19)/t13-/m0/s1. The Morgan fingerprint density at radius 1 is 1.25 bits per heavy atom. The average molecular weight is 277 g/mol. The lowest BCUT2D eigenvalue weighted by atomic mass is 9.87. The zero-order chi connectivity index (χ0) is 15.2. The van der Waals surface area contributed by atoms with Crippen molar-refractivity contribution in [2.45, 2.75) is 59.0 Å². The number of hydrogen-bond acceptors (Lipinski definition) is 2. The highest BCUT2D eigenvalue weighted by Crippen LogP contribution is 2.24. The smallest absolute Gasteiger partial charge is 0.260 e. The largest absolute Gasteiger partial charge is 0.481 e. The predicted molar refractivity (Wildman–Crippen MR) is 83.1 cm³/mol. The third kappa shape index (κ3) is 5.24. The van der Waals surface area contributed by atoms with Gasteiger partial charge in [-0.2, -0.15) is 0 Å². The fraction of sp³-hybridized carbons (Fsp3) is 0.588. The number of nitrogens with one attached hydrogen (secondary N) is 1. The number of hydrogen-bond donors (Lipinski definition) is 1. The third-order valence-electron chi connectivity index (χ3n) is 3.23. The molecule has 3 heteroatoms. The van der Waals surface area contributed by atoms with E-state index in [1.165, 1.54) is 5.56 Å². The monoisotopic (exact) mass is 277 g/mol. The van der Waals surface area contributed by atoms with E-state index in [-0.39, 0.29) is 11.3 Å². The first kappa shape index (κ1) is 16.5. The van der Waals surface area contributed by atoms with Crippen molar-refractivity contribution in [3.63, 3.8) is 0 Å². The van der Waals surface area contributed by atoms with Crippen LogP contribution in [-0.2, 0) is 10.2 Å². The molecule has 0 radical (unpaired) electrons. The van der Waals surface area contributed by atoms with Gasteiger partial charge in [-0.3, -0.25) is 4.79 Å². The van der Waals surface area contributed by atoms with Gasteiger partial charge >= 0.3 is 0 Å². The zero-order valence-electron chi connectivity index (χ0n) is 13.3. The summed E-state index contributed by atoms with van der Waals surface area (Å²) in [5.41, 5.74) is 1.38. The molecule has 0 unspecified atom stereocenters. The highest BCUT2D eigenvalue weighted by atomic mass is 16.5. The summed E-state index contributed by atoms with van der Waals surface area (Å²) >= 11 is 0. The van der Waals surface area contributed by atoms with Crippen molar-refractivity contribution in [2.75, 3.05) is 6.54 Å². The number of carbonyl (C=O) groups is 1. The summed E-state index contributed by atoms with van der Waals surface area (Å²) in [6, 6.07) is 7.96. The van der Waals surface area contributed by atoms with Gasteiger partial charge in [0.25, 0.3) is 5.91 Å². The summed E-state index contributed by atoms with van der Waals surface area (Å²) in [5.74, 6) is 0.675. The van der Waals surface area contributed by atoms with Crippen LogP contribution in [0.1, 0.15) is 53.0 Å². The van der Waals surface area contributed by atoms with Crippen LogP contribution in [-0.4, -0.2) is 18.6 Å². The molecule has 1 atom stereocenters. The number of unbranched alkanes of at least 4 members (excludes halogenated alkanes) is 1. The lowest BCUT2D eigenvalue weighted by molar-refractivity contribution is -0.127. The Morgan fingerprint density at radius 2 is 1.85 bits per heavy atom. The summed E-state index contributed by atoms with van der Waals surface area (Å²) in [7, 11) is 0. The molecule has 1 N–H and O–H groups in total. The summed E-state index contributed by atoms with van der Waals surface area (Å²) < 4.78 is 5.66. The maximum atomic E-state index is 11.8. The number of amides is 1. The molecule has 0 spiro atoms. The van der Waals surface area contributed by atoms with E-state index in [1.54, 1.807) is 6.92 Å². The molecule has 1 aromatic rings. The van der Waals surface area contributed by atoms with E-state index in [1.807, 2.05) is 12.1 Å². The molecule has 1 rings (SSSR count). The second-order valence-electron chi connectivity index (χ2n) is 6.18. The number of carbonyl (C=O) groups excluding carboxylic acids is 1. The second kappa shape index (κ2) is 7.32. The molecule has 0 saturated carbocycles. The Morgan fingerprint density at radius 3 is 2.35 bits per heavy atom. The van der Waals surface area contributed by atoms with Crippen LogP contribution in [0.4, 0.5) is 0 Å². The molecule has 0 aliphatic rings. The van der Waals surface area contributed by atoms with E-state index in [0.29, 0.717) is 6.54 Å². The summed E-state index contributed by atoms with van der Waals surface area (Å²) in [6.45, 7) is 11.1. The highest BCUT2D eigenvalue weighted by molar-refractivity contribution is 5.80. The zero-order valence-corrected chi connectivity index (χ0v) is 13.3. The van der Waals surface area contributed by atoms with Gasteiger partial charge in [0.05, 0.1) is 0 Å². The Balaban J connectivity index is 2.53. The molecule has 0 heterocycles. The van der Waals surface area contributed by atoms with E-state index in [2.05, 4.69) is 45.1 Å². The number of benzene rings is 1. The molecule has 112 valence electrons. The minimum atomic E-state index is -0.465. The van der Waals surface area contributed by atoms with Crippen LogP contribution in [0.5, 0.6) is 5.75 Å². The van der Waals surface area contributed by atoms with E-state index < -0.39 is 6.10 Å². The molecule has 0 saturated heterocycles. The van der Waals surface area contributed by atoms with Crippen LogP contribution in [0, 0.1) is 0 Å². The first-order valence-corrected chi connectivity index (χ1v) is 7.39. The van der Waals surface area contributed by atoms with Crippen LogP contribution in [0.25, 0.3) is 0 Å². The van der Waals surface area contributed by atoms with Gasteiger partial charge in [-0.05, 0) is 36.5 Å². The maximum Gasteiger partial charge on any atom is 0.260 e. The Bertz CT molecular complexity index is 418. The maximum absolute atomic E-state index is 11.8. The van der Waals surface area contributed by atoms with Gasteiger partial charge in [-0.1, -0.05) is 46.2 Å². The Kier molecular flexibility index (Phi) is 6.05. The molecule has 0 fully saturated rings. The molecule has 0 aliphatic carbocycles. The van der Waals surface area contributed by atoms with Gasteiger partial charge in [-0.25, -0.2) is 0 Å². The van der Waals surface area contributed by atoms with Crippen LogP contribution < -0.4 is 10.1 Å². The second-order valence-corrected chi connectivity index (χ2v) is 6.18. The van der Waals surface area contributed by atoms with Crippen molar-refractivity contribution in [3.8, 4) is 5.75 Å². The van der Waals surface area contributed by atoms with Crippen molar-refractivity contribution < 1.29 is 9.53 Å². The van der Waals surface area contributed by atoms with E-state index in [9.17, 15) is 4.79 Å². The molecular formula is C17H27NO2. The summed E-state index contributed by atoms with van der Waals surface area (Å²) in [4.78, 5) is 11.8. The Hall–Kier alpha value is -1.51. The van der Waals surface area contributed by atoms with E-state index in [4.69, 9.17) is 4.74 Å². The molecule has 20 heavy (non-hydrogen) atoms. The Labute approximate surface area is 122 Å². The van der Waals surface area contributed by atoms with Gasteiger partial charge < -0.3 is 10.1 Å². The minimum absolute atomic E-state index is 0.0571. The SMILES string of the molecule is CCCCNC(=O)[C@H](C)Oc1ccc(C(C)(C)C)cc1. The first-order valence-electron chi connectivity index (χ1n) is 7.39. The van der Waals surface area contributed by atoms with E-state index >= 15 is 0 Å². The predicted octanol–water partition coefficient (Wildman–Crippen LogP) is 3.67. The molecule has 0 aliphatic heterocycles. The van der Waals surface area contributed by atoms with Gasteiger partial charge in [0, 0.05) is 6.54 Å². The topological polar surface area (TPSA) is 38.3 Å². The number of ether oxygens (including phenoxy) is 1. The van der Waals surface area contributed by atoms with Gasteiger partial charge in [0.15, 0.2) is 6.10 Å². The minimum Gasteiger partial charge on any atom is -0.481 e. The van der Waals surface area contributed by atoms with Crippen molar-refractivity contribution in [1.82, 2.24) is 5.32 Å². The molecule has 3 nitrogen and oxygen atoms in total. The fourth-order valence-corrected chi connectivity index (χ4v) is 1.82. The van der Waals surface area contributed by atoms with Crippen LogP contribution >= 0.6 is 0 Å². The lowest BCUT2D eigenvalue weighted by Gasteiger charge is -2.20. The number of rotatable bonds is 6. The van der Waals surface area contributed by atoms with Gasteiger partial charge in [-0.15, -0.1) is 0 Å². The first-order chi connectivity index (χ1) is 9.34. The van der Waals surface area contributed by atoms with Crippen LogP contribution in [0.15, 0.2) is 24.3 Å². The van der Waals surface area contributed by atoms with Crippen molar-refractivity contribution in [3.05, 3.63) is 29.8 Å². The van der Waals surface area contributed by atoms with Crippen molar-refractivity contribution in [2.24, 2.45) is 0 Å². The summed E-state index contributed by atoms with van der Waals surface area (Å²) in [5, 5.41) is 2.88. The summed E-state index contributed by atoms with van der Waals surface area (Å²) in [6.07, 6.45) is 1.61. The quantitative estimate of drug-likeness (QED) is 0.806. The molecule has 0 bridgehead atoms. The lowest BCUT2D eigenvalue weighted by Crippen LogP contribution is -2.36. The molecule has 1 aromatic carbocycles. The van der Waals surface area contributed by atoms with Gasteiger partial charge in [0.2, 0.25) is 0 Å².